The highest BCUT2D eigenvalue weighted by atomic mass is 16.5. The van der Waals surface area contributed by atoms with Gasteiger partial charge in [0, 0.05) is 12.6 Å². The van der Waals surface area contributed by atoms with Gasteiger partial charge in [-0.2, -0.15) is 5.10 Å². The summed E-state index contributed by atoms with van der Waals surface area (Å²) in [6.45, 7) is 3.77. The Kier molecular flexibility index (Phi) is 4.84. The minimum Gasteiger partial charge on any atom is -0.492 e. The second kappa shape index (κ2) is 7.22. The van der Waals surface area contributed by atoms with Gasteiger partial charge >= 0.3 is 0 Å². The van der Waals surface area contributed by atoms with Crippen LogP contribution in [-0.4, -0.2) is 45.4 Å². The van der Waals surface area contributed by atoms with Crippen LogP contribution in [0, 0.1) is 0 Å². The quantitative estimate of drug-likeness (QED) is 0.816. The minimum absolute atomic E-state index is 0.542. The molecule has 0 aliphatic carbocycles. The first-order chi connectivity index (χ1) is 10.4. The van der Waals surface area contributed by atoms with E-state index >= 15 is 0 Å². The molecule has 0 amide bonds. The number of para-hydroxylation sites is 1. The molecule has 0 N–H and O–H groups in total. The number of benzene rings is 1. The van der Waals surface area contributed by atoms with E-state index in [1.807, 2.05) is 35.0 Å². The highest BCUT2D eigenvalue weighted by molar-refractivity contribution is 5.20. The fraction of sp³-hybridized carbons (Fsp3) is 0.500. The van der Waals surface area contributed by atoms with E-state index in [2.05, 4.69) is 15.0 Å². The van der Waals surface area contributed by atoms with Gasteiger partial charge in [0.1, 0.15) is 25.0 Å². The average Bonchev–Trinajstić information content (AvgIpc) is 3.03. The van der Waals surface area contributed by atoms with E-state index in [-0.39, 0.29) is 0 Å². The summed E-state index contributed by atoms with van der Waals surface area (Å²) in [6, 6.07) is 10.6. The molecule has 5 nitrogen and oxygen atoms in total. The van der Waals surface area contributed by atoms with Crippen molar-refractivity contribution in [2.24, 2.45) is 0 Å². The largest absolute Gasteiger partial charge is 0.492 e. The Morgan fingerprint density at radius 2 is 2.10 bits per heavy atom. The summed E-state index contributed by atoms with van der Waals surface area (Å²) in [5.41, 5.74) is 0. The molecule has 1 fully saturated rings. The van der Waals surface area contributed by atoms with Crippen molar-refractivity contribution >= 4 is 0 Å². The molecule has 2 heterocycles. The predicted molar refractivity (Wildman–Crippen MR) is 81.2 cm³/mol. The lowest BCUT2D eigenvalue weighted by atomic mass is 10.0. The van der Waals surface area contributed by atoms with Crippen LogP contribution < -0.4 is 4.74 Å². The van der Waals surface area contributed by atoms with Gasteiger partial charge in [-0.05, 0) is 31.5 Å². The zero-order chi connectivity index (χ0) is 14.3. The monoisotopic (exact) mass is 286 g/mol. The summed E-state index contributed by atoms with van der Waals surface area (Å²) in [7, 11) is 0. The number of hydrogen-bond acceptors (Lipinski definition) is 4. The maximum atomic E-state index is 5.82. The van der Waals surface area contributed by atoms with Crippen LogP contribution in [-0.2, 0) is 6.54 Å². The van der Waals surface area contributed by atoms with Crippen LogP contribution in [0.1, 0.15) is 19.3 Å². The summed E-state index contributed by atoms with van der Waals surface area (Å²) in [5, 5.41) is 4.22. The van der Waals surface area contributed by atoms with Crippen molar-refractivity contribution in [3.63, 3.8) is 0 Å². The summed E-state index contributed by atoms with van der Waals surface area (Å²) in [6.07, 6.45) is 7.21. The molecule has 3 rings (SSSR count). The molecule has 0 bridgehead atoms. The second-order valence-electron chi connectivity index (χ2n) is 5.46. The van der Waals surface area contributed by atoms with E-state index in [4.69, 9.17) is 4.74 Å². The Morgan fingerprint density at radius 1 is 1.19 bits per heavy atom. The third-order valence-electron chi connectivity index (χ3n) is 4.00. The zero-order valence-electron chi connectivity index (χ0n) is 12.3. The first kappa shape index (κ1) is 14.1. The van der Waals surface area contributed by atoms with Crippen LogP contribution in [0.25, 0.3) is 0 Å². The molecule has 21 heavy (non-hydrogen) atoms. The molecule has 1 aromatic heterocycles. The number of hydrogen-bond donors (Lipinski definition) is 0. The maximum absolute atomic E-state index is 5.82. The summed E-state index contributed by atoms with van der Waals surface area (Å²) in [4.78, 5) is 6.55. The Bertz CT molecular complexity index is 514. The highest BCUT2D eigenvalue weighted by Crippen LogP contribution is 2.18. The molecule has 1 atom stereocenters. The normalized spacial score (nSPS) is 19.5. The van der Waals surface area contributed by atoms with E-state index in [0.717, 1.165) is 32.0 Å². The molecule has 0 spiro atoms. The number of nitrogens with zero attached hydrogens (tertiary/aromatic N) is 4. The molecule has 0 saturated carbocycles. The van der Waals surface area contributed by atoms with Crippen LogP contribution in [0.15, 0.2) is 43.0 Å². The summed E-state index contributed by atoms with van der Waals surface area (Å²) < 4.78 is 7.75. The highest BCUT2D eigenvalue weighted by Gasteiger charge is 2.22. The van der Waals surface area contributed by atoms with Crippen LogP contribution >= 0.6 is 0 Å². The van der Waals surface area contributed by atoms with Crippen molar-refractivity contribution in [1.29, 1.82) is 0 Å². The standard InChI is InChI=1S/C16H22N4O/c1-2-7-16(8-3-1)21-11-10-19-9-5-4-6-15(19)12-20-14-17-13-18-20/h1-3,7-8,13-15H,4-6,9-12H2. The number of piperidine rings is 1. The smallest absolute Gasteiger partial charge is 0.137 e. The molecular formula is C16H22N4O. The van der Waals surface area contributed by atoms with E-state index in [1.165, 1.54) is 19.3 Å². The topological polar surface area (TPSA) is 43.2 Å². The number of ether oxygens (including phenoxy) is 1. The Morgan fingerprint density at radius 3 is 2.90 bits per heavy atom. The average molecular weight is 286 g/mol. The first-order valence-electron chi connectivity index (χ1n) is 7.66. The van der Waals surface area contributed by atoms with Gasteiger partial charge in [0.25, 0.3) is 0 Å². The van der Waals surface area contributed by atoms with Crippen LogP contribution in [0.2, 0.25) is 0 Å². The minimum atomic E-state index is 0.542. The van der Waals surface area contributed by atoms with Gasteiger partial charge < -0.3 is 4.74 Å². The molecule has 1 aromatic carbocycles. The van der Waals surface area contributed by atoms with E-state index in [9.17, 15) is 0 Å². The van der Waals surface area contributed by atoms with Crippen molar-refractivity contribution in [2.45, 2.75) is 31.8 Å². The van der Waals surface area contributed by atoms with E-state index in [1.54, 1.807) is 12.7 Å². The summed E-state index contributed by atoms with van der Waals surface area (Å²) in [5.74, 6) is 0.947. The Balaban J connectivity index is 1.50. The first-order valence-corrected chi connectivity index (χ1v) is 7.66. The van der Waals surface area contributed by atoms with Gasteiger partial charge in [-0.3, -0.25) is 9.58 Å². The lowest BCUT2D eigenvalue weighted by Gasteiger charge is -2.35. The molecule has 1 aliphatic rings. The van der Waals surface area contributed by atoms with Gasteiger partial charge in [0.2, 0.25) is 0 Å². The van der Waals surface area contributed by atoms with Gasteiger partial charge in [0.15, 0.2) is 0 Å². The van der Waals surface area contributed by atoms with Gasteiger partial charge in [-0.1, -0.05) is 24.6 Å². The molecule has 5 heteroatoms. The number of likely N-dealkylation sites (tertiary alicyclic amines) is 1. The van der Waals surface area contributed by atoms with Gasteiger partial charge in [0.05, 0.1) is 6.54 Å². The molecule has 1 unspecified atom stereocenters. The lowest BCUT2D eigenvalue weighted by molar-refractivity contribution is 0.109. The Labute approximate surface area is 125 Å². The summed E-state index contributed by atoms with van der Waals surface area (Å²) >= 11 is 0. The van der Waals surface area contributed by atoms with Crippen molar-refractivity contribution in [1.82, 2.24) is 19.7 Å². The predicted octanol–water partition coefficient (Wildman–Crippen LogP) is 2.21. The lowest BCUT2D eigenvalue weighted by Crippen LogP contribution is -2.44. The molecule has 1 saturated heterocycles. The van der Waals surface area contributed by atoms with Gasteiger partial charge in [-0.25, -0.2) is 4.98 Å². The number of aromatic nitrogens is 3. The van der Waals surface area contributed by atoms with Gasteiger partial charge in [-0.15, -0.1) is 0 Å². The SMILES string of the molecule is c1ccc(OCCN2CCCCC2Cn2cncn2)cc1. The fourth-order valence-corrected chi connectivity index (χ4v) is 2.90. The van der Waals surface area contributed by atoms with Crippen molar-refractivity contribution < 1.29 is 4.74 Å². The van der Waals surface area contributed by atoms with Crippen LogP contribution in [0.3, 0.4) is 0 Å². The molecule has 1 aliphatic heterocycles. The molecule has 2 aromatic rings. The third kappa shape index (κ3) is 4.04. The zero-order valence-corrected chi connectivity index (χ0v) is 12.3. The van der Waals surface area contributed by atoms with E-state index < -0.39 is 0 Å². The van der Waals surface area contributed by atoms with E-state index in [0.29, 0.717) is 6.04 Å². The maximum Gasteiger partial charge on any atom is 0.137 e. The molecule has 0 radical (unpaired) electrons. The third-order valence-corrected chi connectivity index (χ3v) is 4.00. The van der Waals surface area contributed by atoms with Crippen molar-refractivity contribution in [2.75, 3.05) is 19.7 Å². The van der Waals surface area contributed by atoms with Crippen LogP contribution in [0.4, 0.5) is 0 Å². The molecular weight excluding hydrogens is 264 g/mol. The van der Waals surface area contributed by atoms with Crippen LogP contribution in [0.5, 0.6) is 5.75 Å². The Hall–Kier alpha value is -1.88. The van der Waals surface area contributed by atoms with Crippen molar-refractivity contribution in [3.05, 3.63) is 43.0 Å². The fourth-order valence-electron chi connectivity index (χ4n) is 2.90. The second-order valence-corrected chi connectivity index (χ2v) is 5.46. The van der Waals surface area contributed by atoms with Crippen molar-refractivity contribution in [3.8, 4) is 5.75 Å². The number of rotatable bonds is 6. The molecule has 112 valence electrons.